The van der Waals surface area contributed by atoms with Crippen molar-refractivity contribution in [2.45, 2.75) is 84.0 Å². The Labute approximate surface area is 240 Å². The van der Waals surface area contributed by atoms with Crippen molar-refractivity contribution in [2.24, 2.45) is 0 Å². The van der Waals surface area contributed by atoms with Crippen LogP contribution in [0.25, 0.3) is 0 Å². The molecule has 6 nitrogen and oxygen atoms in total. The molecule has 1 amide bonds. The molecule has 0 heterocycles. The third-order valence-electron chi connectivity index (χ3n) is 7.77. The number of rotatable bonds is 13. The van der Waals surface area contributed by atoms with Gasteiger partial charge in [0.25, 0.3) is 0 Å². The zero-order chi connectivity index (χ0) is 29.3. The number of phenols is 1. The van der Waals surface area contributed by atoms with Crippen molar-refractivity contribution < 1.29 is 19.4 Å². The van der Waals surface area contributed by atoms with E-state index in [1.54, 1.807) is 6.07 Å². The van der Waals surface area contributed by atoms with Crippen molar-refractivity contribution in [3.8, 4) is 5.75 Å². The summed E-state index contributed by atoms with van der Waals surface area (Å²) in [5.41, 5.74) is 4.69. The first-order valence-electron chi connectivity index (χ1n) is 14.1. The molecule has 2 atom stereocenters. The first-order chi connectivity index (χ1) is 18.9. The molecule has 0 bridgehead atoms. The van der Waals surface area contributed by atoms with Gasteiger partial charge in [0.15, 0.2) is 8.32 Å². The van der Waals surface area contributed by atoms with Gasteiger partial charge in [-0.05, 0) is 65.9 Å². The van der Waals surface area contributed by atoms with Crippen molar-refractivity contribution in [1.29, 1.82) is 0 Å². The lowest BCUT2D eigenvalue weighted by molar-refractivity contribution is -0.120. The van der Waals surface area contributed by atoms with Crippen molar-refractivity contribution in [2.75, 3.05) is 6.54 Å². The Morgan fingerprint density at radius 3 is 2.30 bits per heavy atom. The number of amides is 1. The van der Waals surface area contributed by atoms with Gasteiger partial charge in [0.05, 0.1) is 19.1 Å². The number of carbonyl (C=O) groups excluding carboxylic acids is 1. The van der Waals surface area contributed by atoms with Gasteiger partial charge in [-0.2, -0.15) is 0 Å². The van der Waals surface area contributed by atoms with E-state index in [4.69, 9.17) is 4.43 Å². The molecule has 216 valence electrons. The van der Waals surface area contributed by atoms with Gasteiger partial charge < -0.3 is 25.3 Å². The monoisotopic (exact) mass is 562 g/mol. The fraction of sp³-hybridized carbons (Fsp3) is 0.424. The van der Waals surface area contributed by atoms with E-state index in [1.165, 1.54) is 5.56 Å². The molecule has 0 aliphatic carbocycles. The first kappa shape index (κ1) is 31.6. The van der Waals surface area contributed by atoms with Crippen LogP contribution >= 0.6 is 0 Å². The van der Waals surface area contributed by atoms with Crippen LogP contribution in [0.4, 0.5) is 0 Å². The number of aliphatic hydroxyl groups is 1. The van der Waals surface area contributed by atoms with E-state index in [9.17, 15) is 15.0 Å². The highest BCUT2D eigenvalue weighted by atomic mass is 28.4. The van der Waals surface area contributed by atoms with E-state index >= 15 is 0 Å². The average Bonchev–Trinajstić information content (AvgIpc) is 2.90. The Bertz CT molecular complexity index is 1240. The SMILES string of the molecule is C[C@H](Cc1cccc(CC(=O)NCc2ccccc2)c1)NC[C@@H](O[Si](C)(C)C(C)(C)C)c1ccc(O)c(CO)c1. The van der Waals surface area contributed by atoms with Gasteiger partial charge in [0.2, 0.25) is 5.91 Å². The maximum Gasteiger partial charge on any atom is 0.224 e. The molecule has 0 saturated carbocycles. The normalized spacial score (nSPS) is 13.6. The Balaban J connectivity index is 1.63. The van der Waals surface area contributed by atoms with Crippen LogP contribution in [0.2, 0.25) is 18.1 Å². The van der Waals surface area contributed by atoms with Gasteiger partial charge in [-0.3, -0.25) is 4.79 Å². The predicted octanol–water partition coefficient (Wildman–Crippen LogP) is 6.03. The van der Waals surface area contributed by atoms with Crippen LogP contribution in [-0.2, 0) is 35.2 Å². The van der Waals surface area contributed by atoms with Crippen LogP contribution in [0.1, 0.15) is 61.6 Å². The van der Waals surface area contributed by atoms with E-state index in [-0.39, 0.29) is 35.4 Å². The summed E-state index contributed by atoms with van der Waals surface area (Å²) in [6.45, 7) is 14.2. The molecule has 0 saturated heterocycles. The van der Waals surface area contributed by atoms with E-state index in [0.29, 0.717) is 25.1 Å². The number of aromatic hydroxyl groups is 1. The second-order valence-corrected chi connectivity index (χ2v) is 16.9. The minimum absolute atomic E-state index is 0.00828. The number of hydrogen-bond donors (Lipinski definition) is 4. The lowest BCUT2D eigenvalue weighted by Crippen LogP contribution is -2.44. The third-order valence-corrected chi connectivity index (χ3v) is 12.3. The van der Waals surface area contributed by atoms with Gasteiger partial charge in [0.1, 0.15) is 5.75 Å². The molecule has 40 heavy (non-hydrogen) atoms. The van der Waals surface area contributed by atoms with E-state index in [2.05, 4.69) is 63.6 Å². The first-order valence-corrected chi connectivity index (χ1v) is 17.0. The van der Waals surface area contributed by atoms with Crippen LogP contribution < -0.4 is 10.6 Å². The highest BCUT2D eigenvalue weighted by Gasteiger charge is 2.39. The topological polar surface area (TPSA) is 90.8 Å². The van der Waals surface area contributed by atoms with Gasteiger partial charge in [-0.1, -0.05) is 81.4 Å². The summed E-state index contributed by atoms with van der Waals surface area (Å²) in [6.07, 6.45) is 0.941. The van der Waals surface area contributed by atoms with Crippen LogP contribution in [0.15, 0.2) is 72.8 Å². The van der Waals surface area contributed by atoms with Gasteiger partial charge in [-0.25, -0.2) is 0 Å². The molecule has 7 heteroatoms. The summed E-state index contributed by atoms with van der Waals surface area (Å²) in [6, 6.07) is 23.7. The predicted molar refractivity (Wildman–Crippen MR) is 165 cm³/mol. The van der Waals surface area contributed by atoms with Crippen molar-refractivity contribution in [3.05, 3.63) is 101 Å². The van der Waals surface area contributed by atoms with Crippen molar-refractivity contribution in [1.82, 2.24) is 10.6 Å². The lowest BCUT2D eigenvalue weighted by Gasteiger charge is -2.40. The van der Waals surface area contributed by atoms with Gasteiger partial charge >= 0.3 is 0 Å². The molecule has 3 aromatic rings. The molecule has 0 aliphatic heterocycles. The fourth-order valence-electron chi connectivity index (χ4n) is 4.34. The Morgan fingerprint density at radius 1 is 0.950 bits per heavy atom. The molecule has 0 aromatic heterocycles. The lowest BCUT2D eigenvalue weighted by atomic mass is 10.0. The van der Waals surface area contributed by atoms with Crippen molar-refractivity contribution in [3.63, 3.8) is 0 Å². The summed E-state index contributed by atoms with van der Waals surface area (Å²) >= 11 is 0. The van der Waals surface area contributed by atoms with Crippen LogP contribution in [0.3, 0.4) is 0 Å². The van der Waals surface area contributed by atoms with Crippen LogP contribution in [0.5, 0.6) is 5.75 Å². The Morgan fingerprint density at radius 2 is 1.62 bits per heavy atom. The zero-order valence-electron chi connectivity index (χ0n) is 24.8. The van der Waals surface area contributed by atoms with E-state index in [1.807, 2.05) is 54.6 Å². The quantitative estimate of drug-likeness (QED) is 0.191. The summed E-state index contributed by atoms with van der Waals surface area (Å²) in [4.78, 5) is 12.5. The summed E-state index contributed by atoms with van der Waals surface area (Å²) < 4.78 is 6.81. The summed E-state index contributed by atoms with van der Waals surface area (Å²) in [5.74, 6) is 0.0984. The zero-order valence-corrected chi connectivity index (χ0v) is 25.8. The number of nitrogens with one attached hydrogen (secondary N) is 2. The molecule has 0 fully saturated rings. The summed E-state index contributed by atoms with van der Waals surface area (Å²) in [7, 11) is -2.09. The molecule has 3 aromatic carbocycles. The average molecular weight is 563 g/mol. The number of hydrogen-bond acceptors (Lipinski definition) is 5. The third kappa shape index (κ3) is 9.30. The van der Waals surface area contributed by atoms with E-state index < -0.39 is 8.32 Å². The van der Waals surface area contributed by atoms with Crippen LogP contribution in [0, 0.1) is 0 Å². The second kappa shape index (κ2) is 14.1. The molecule has 0 radical (unpaired) electrons. The maximum absolute atomic E-state index is 12.5. The molecular formula is C33H46N2O4Si. The number of aliphatic hydroxyl groups excluding tert-OH is 1. The van der Waals surface area contributed by atoms with Crippen LogP contribution in [-0.4, -0.2) is 37.0 Å². The van der Waals surface area contributed by atoms with Gasteiger partial charge in [0, 0.05) is 24.7 Å². The Kier molecular flexibility index (Phi) is 11.1. The number of benzene rings is 3. The highest BCUT2D eigenvalue weighted by Crippen LogP contribution is 2.40. The standard InChI is InChI=1S/C33H46N2O4Si/c1-24(17-26-13-10-14-27(18-26)19-32(38)35-21-25-11-8-7-9-12-25)34-22-31(39-40(5,6)33(2,3)4)28-15-16-30(37)29(20-28)23-36/h7-16,18,20,24,31,34,36-37H,17,19,21-23H2,1-6H3,(H,35,38)/t24-,31-/m1/s1. The fourth-order valence-corrected chi connectivity index (χ4v) is 5.62. The smallest absolute Gasteiger partial charge is 0.224 e. The second-order valence-electron chi connectivity index (χ2n) is 12.2. The molecule has 4 N–H and O–H groups in total. The van der Waals surface area contributed by atoms with Crippen molar-refractivity contribution >= 4 is 14.2 Å². The molecule has 0 unspecified atom stereocenters. The largest absolute Gasteiger partial charge is 0.508 e. The molecular weight excluding hydrogens is 516 g/mol. The number of carbonyl (C=O) groups is 1. The Hall–Kier alpha value is -2.97. The van der Waals surface area contributed by atoms with E-state index in [0.717, 1.165) is 23.1 Å². The molecule has 0 aliphatic rings. The highest BCUT2D eigenvalue weighted by molar-refractivity contribution is 6.74. The minimum Gasteiger partial charge on any atom is -0.508 e. The maximum atomic E-state index is 12.5. The van der Waals surface area contributed by atoms with Gasteiger partial charge in [-0.15, -0.1) is 0 Å². The molecule has 0 spiro atoms. The molecule has 3 rings (SSSR count). The minimum atomic E-state index is -2.09. The summed E-state index contributed by atoms with van der Waals surface area (Å²) in [5, 5.41) is 26.5.